The van der Waals surface area contributed by atoms with Crippen molar-refractivity contribution in [1.29, 1.82) is 0 Å². The summed E-state index contributed by atoms with van der Waals surface area (Å²) in [5.41, 5.74) is 2.28. The van der Waals surface area contributed by atoms with Crippen LogP contribution in [-0.4, -0.2) is 47.4 Å². The standard InChI is InChI=1S/C21H22N6O4/c1-12-17(20(28)23-14-9-5-6-10-15(14)29-2)18(27-21(22-12)24-25-26-27)13-8-7-11-16(30-3)19(13)31-4/h5-11,18H,1-4H3,(H,23,28)(H,22,24,26). The van der Waals surface area contributed by atoms with Crippen molar-refractivity contribution < 1.29 is 19.0 Å². The van der Waals surface area contributed by atoms with Gasteiger partial charge in [-0.25, -0.2) is 0 Å². The van der Waals surface area contributed by atoms with Crippen molar-refractivity contribution in [3.8, 4) is 17.2 Å². The highest BCUT2D eigenvalue weighted by molar-refractivity contribution is 6.06. The SMILES string of the molecule is COc1ccccc1NC(=O)C1=C(C)Nc2nnnn2C1c1cccc(OC)c1OC. The summed E-state index contributed by atoms with van der Waals surface area (Å²) in [6, 6.07) is 12.0. The molecule has 0 bridgehead atoms. The maximum absolute atomic E-state index is 13.5. The van der Waals surface area contributed by atoms with Crippen molar-refractivity contribution >= 4 is 17.5 Å². The predicted molar refractivity (Wildman–Crippen MR) is 113 cm³/mol. The number of para-hydroxylation sites is 3. The summed E-state index contributed by atoms with van der Waals surface area (Å²) in [7, 11) is 4.66. The van der Waals surface area contributed by atoms with Gasteiger partial charge in [0.2, 0.25) is 5.95 Å². The summed E-state index contributed by atoms with van der Waals surface area (Å²) >= 11 is 0. The first-order valence-electron chi connectivity index (χ1n) is 9.50. The van der Waals surface area contributed by atoms with Gasteiger partial charge in [0.1, 0.15) is 11.8 Å². The van der Waals surface area contributed by atoms with Crippen LogP contribution in [0.5, 0.6) is 17.2 Å². The van der Waals surface area contributed by atoms with E-state index in [1.165, 1.54) is 0 Å². The highest BCUT2D eigenvalue weighted by Gasteiger charge is 2.36. The lowest BCUT2D eigenvalue weighted by Gasteiger charge is -2.29. The number of tetrazole rings is 1. The second-order valence-corrected chi connectivity index (χ2v) is 6.75. The van der Waals surface area contributed by atoms with Crippen molar-refractivity contribution in [2.75, 3.05) is 32.0 Å². The van der Waals surface area contributed by atoms with Crippen LogP contribution in [0.25, 0.3) is 0 Å². The molecular formula is C21H22N6O4. The van der Waals surface area contributed by atoms with Crippen LogP contribution < -0.4 is 24.8 Å². The van der Waals surface area contributed by atoms with Crippen LogP contribution in [0.3, 0.4) is 0 Å². The van der Waals surface area contributed by atoms with Crippen LogP contribution >= 0.6 is 0 Å². The first-order chi connectivity index (χ1) is 15.1. The third kappa shape index (κ3) is 3.52. The highest BCUT2D eigenvalue weighted by atomic mass is 16.5. The van der Waals surface area contributed by atoms with Gasteiger partial charge in [-0.15, -0.1) is 0 Å². The molecule has 0 saturated carbocycles. The number of aromatic nitrogens is 4. The smallest absolute Gasteiger partial charge is 0.255 e. The molecule has 0 radical (unpaired) electrons. The number of methoxy groups -OCH3 is 3. The highest BCUT2D eigenvalue weighted by Crippen LogP contribution is 2.42. The molecule has 1 aromatic heterocycles. The third-order valence-electron chi connectivity index (χ3n) is 5.04. The van der Waals surface area contributed by atoms with Crippen LogP contribution in [-0.2, 0) is 4.79 Å². The Labute approximate surface area is 178 Å². The van der Waals surface area contributed by atoms with Gasteiger partial charge in [0.15, 0.2) is 11.5 Å². The molecule has 1 aliphatic rings. The summed E-state index contributed by atoms with van der Waals surface area (Å²) in [6.07, 6.45) is 0. The van der Waals surface area contributed by atoms with Crippen LogP contribution in [0.1, 0.15) is 18.5 Å². The molecule has 2 heterocycles. The Morgan fingerprint density at radius 3 is 2.52 bits per heavy atom. The molecule has 1 unspecified atom stereocenters. The number of carbonyl (C=O) groups excluding carboxylic acids is 1. The maximum Gasteiger partial charge on any atom is 0.255 e. The molecule has 0 saturated heterocycles. The van der Waals surface area contributed by atoms with Crippen molar-refractivity contribution in [3.63, 3.8) is 0 Å². The third-order valence-corrected chi connectivity index (χ3v) is 5.04. The van der Waals surface area contributed by atoms with Gasteiger partial charge in [-0.2, -0.15) is 4.68 Å². The van der Waals surface area contributed by atoms with Gasteiger partial charge < -0.3 is 24.8 Å². The molecule has 0 fully saturated rings. The lowest BCUT2D eigenvalue weighted by atomic mass is 9.94. The second-order valence-electron chi connectivity index (χ2n) is 6.75. The predicted octanol–water partition coefficient (Wildman–Crippen LogP) is 2.63. The zero-order chi connectivity index (χ0) is 22.0. The molecule has 1 aliphatic heterocycles. The number of ether oxygens (including phenoxy) is 3. The molecule has 10 nitrogen and oxygen atoms in total. The summed E-state index contributed by atoms with van der Waals surface area (Å²) in [6.45, 7) is 1.80. The fraction of sp³-hybridized carbons (Fsp3) is 0.238. The number of benzene rings is 2. The number of amides is 1. The van der Waals surface area contributed by atoms with E-state index in [1.807, 2.05) is 24.3 Å². The summed E-state index contributed by atoms with van der Waals surface area (Å²) in [4.78, 5) is 13.5. The number of carbonyl (C=O) groups is 1. The summed E-state index contributed by atoms with van der Waals surface area (Å²) < 4.78 is 18.0. The molecule has 1 atom stereocenters. The number of anilines is 2. The van der Waals surface area contributed by atoms with Gasteiger partial charge in [-0.3, -0.25) is 4.79 Å². The average Bonchev–Trinajstić information content (AvgIpc) is 3.25. The number of nitrogens with one attached hydrogen (secondary N) is 2. The topological polar surface area (TPSA) is 112 Å². The van der Waals surface area contributed by atoms with Crippen LogP contribution in [0.4, 0.5) is 11.6 Å². The normalized spacial score (nSPS) is 15.0. The number of hydrogen-bond donors (Lipinski definition) is 2. The number of allylic oxidation sites excluding steroid dienone is 1. The van der Waals surface area contributed by atoms with Crippen molar-refractivity contribution in [1.82, 2.24) is 20.2 Å². The molecule has 10 heteroatoms. The van der Waals surface area contributed by atoms with Gasteiger partial charge in [0.25, 0.3) is 5.91 Å². The van der Waals surface area contributed by atoms with E-state index in [1.54, 1.807) is 51.1 Å². The number of nitrogens with zero attached hydrogens (tertiary/aromatic N) is 4. The molecular weight excluding hydrogens is 400 g/mol. The van der Waals surface area contributed by atoms with E-state index < -0.39 is 6.04 Å². The van der Waals surface area contributed by atoms with Gasteiger partial charge >= 0.3 is 0 Å². The Kier molecular flexibility index (Phi) is 5.44. The van der Waals surface area contributed by atoms with Crippen LogP contribution in [0.2, 0.25) is 0 Å². The quantitative estimate of drug-likeness (QED) is 0.623. The molecule has 0 aliphatic carbocycles. The van der Waals surface area contributed by atoms with Gasteiger partial charge in [-0.05, 0) is 35.5 Å². The summed E-state index contributed by atoms with van der Waals surface area (Å²) in [5, 5.41) is 17.9. The minimum atomic E-state index is -0.647. The minimum Gasteiger partial charge on any atom is -0.495 e. The molecule has 2 N–H and O–H groups in total. The van der Waals surface area contributed by atoms with Crippen molar-refractivity contribution in [2.45, 2.75) is 13.0 Å². The van der Waals surface area contributed by atoms with Crippen molar-refractivity contribution in [3.05, 3.63) is 59.3 Å². The first-order valence-corrected chi connectivity index (χ1v) is 9.50. The molecule has 1 amide bonds. The van der Waals surface area contributed by atoms with E-state index in [2.05, 4.69) is 26.2 Å². The van der Waals surface area contributed by atoms with Gasteiger partial charge in [-0.1, -0.05) is 29.4 Å². The lowest BCUT2D eigenvalue weighted by Crippen LogP contribution is -2.32. The molecule has 2 aromatic carbocycles. The first kappa shape index (κ1) is 20.2. The Bertz CT molecular complexity index is 1160. The summed E-state index contributed by atoms with van der Waals surface area (Å²) in [5.74, 6) is 1.67. The number of rotatable bonds is 6. The van der Waals surface area contributed by atoms with Crippen molar-refractivity contribution in [2.24, 2.45) is 0 Å². The lowest BCUT2D eigenvalue weighted by molar-refractivity contribution is -0.113. The zero-order valence-electron chi connectivity index (χ0n) is 17.5. The van der Waals surface area contributed by atoms with Gasteiger partial charge in [0, 0.05) is 11.3 Å². The zero-order valence-corrected chi connectivity index (χ0v) is 17.5. The fourth-order valence-corrected chi connectivity index (χ4v) is 3.66. The number of hydrogen-bond acceptors (Lipinski definition) is 8. The van der Waals surface area contributed by atoms with E-state index in [4.69, 9.17) is 14.2 Å². The van der Waals surface area contributed by atoms with Crippen LogP contribution in [0.15, 0.2) is 53.7 Å². The Morgan fingerprint density at radius 1 is 1.03 bits per heavy atom. The van der Waals surface area contributed by atoms with Crippen LogP contribution in [0, 0.1) is 0 Å². The number of fused-ring (bicyclic) bond motifs is 1. The largest absolute Gasteiger partial charge is 0.495 e. The van der Waals surface area contributed by atoms with Gasteiger partial charge in [0.05, 0.1) is 32.6 Å². The van der Waals surface area contributed by atoms with E-state index in [0.717, 1.165) is 0 Å². The second kappa shape index (κ2) is 8.34. The van der Waals surface area contributed by atoms with E-state index in [-0.39, 0.29) is 5.91 Å². The van der Waals surface area contributed by atoms with E-state index in [9.17, 15) is 4.79 Å². The molecule has 3 aromatic rings. The van der Waals surface area contributed by atoms with E-state index in [0.29, 0.717) is 45.7 Å². The Hall–Kier alpha value is -4.08. The molecule has 31 heavy (non-hydrogen) atoms. The minimum absolute atomic E-state index is 0.328. The Morgan fingerprint density at radius 2 is 1.77 bits per heavy atom. The maximum atomic E-state index is 13.5. The monoisotopic (exact) mass is 422 g/mol. The average molecular weight is 422 g/mol. The van der Waals surface area contributed by atoms with E-state index >= 15 is 0 Å². The molecule has 4 rings (SSSR count). The fourth-order valence-electron chi connectivity index (χ4n) is 3.66. The molecule has 160 valence electrons. The molecule has 0 spiro atoms. The Balaban J connectivity index is 1.83.